The molecule has 27 heavy (non-hydrogen) atoms. The average Bonchev–Trinajstić information content (AvgIpc) is 2.61. The van der Waals surface area contributed by atoms with E-state index in [9.17, 15) is 0 Å². The van der Waals surface area contributed by atoms with Crippen molar-refractivity contribution in [1.29, 1.82) is 0 Å². The van der Waals surface area contributed by atoms with E-state index in [0.717, 1.165) is 25.4 Å². The molecule has 2 rings (SSSR count). The van der Waals surface area contributed by atoms with E-state index in [0.29, 0.717) is 18.1 Å². The van der Waals surface area contributed by atoms with Gasteiger partial charge in [-0.05, 0) is 54.6 Å². The Morgan fingerprint density at radius 2 is 1.74 bits per heavy atom. The van der Waals surface area contributed by atoms with Crippen molar-refractivity contribution in [2.75, 3.05) is 19.6 Å². The van der Waals surface area contributed by atoms with E-state index in [1.54, 1.807) is 0 Å². The predicted molar refractivity (Wildman–Crippen MR) is 117 cm³/mol. The van der Waals surface area contributed by atoms with Gasteiger partial charge in [-0.2, -0.15) is 0 Å². The second-order valence-corrected chi connectivity index (χ2v) is 9.78. The molecule has 1 saturated heterocycles. The van der Waals surface area contributed by atoms with E-state index >= 15 is 0 Å². The SMILES string of the molecule is CCC(C)CC1CN(CC(C)Cc2ccc(C(C)(C)CC)cc2)CC(C)O1. The fourth-order valence-electron chi connectivity index (χ4n) is 4.24. The lowest BCUT2D eigenvalue weighted by Crippen LogP contribution is -2.48. The van der Waals surface area contributed by atoms with Crippen molar-refractivity contribution in [3.8, 4) is 0 Å². The van der Waals surface area contributed by atoms with Crippen molar-refractivity contribution in [2.45, 2.75) is 91.8 Å². The summed E-state index contributed by atoms with van der Waals surface area (Å²) in [5.74, 6) is 1.43. The molecule has 154 valence electrons. The maximum Gasteiger partial charge on any atom is 0.0708 e. The van der Waals surface area contributed by atoms with Crippen LogP contribution in [0.3, 0.4) is 0 Å². The Morgan fingerprint density at radius 3 is 2.33 bits per heavy atom. The molecule has 0 aliphatic carbocycles. The van der Waals surface area contributed by atoms with Gasteiger partial charge in [-0.25, -0.2) is 0 Å². The standard InChI is InChI=1S/C25H43NO/c1-8-19(3)15-24-18-26(17-21(5)27-24)16-20(4)14-22-10-12-23(13-11-22)25(6,7)9-2/h10-13,19-21,24H,8-9,14-18H2,1-7H3. The molecular formula is C25H43NO. The Kier molecular flexibility index (Phi) is 8.37. The minimum atomic E-state index is 0.277. The van der Waals surface area contributed by atoms with Crippen LogP contribution in [0.1, 0.15) is 78.9 Å². The van der Waals surface area contributed by atoms with Crippen LogP contribution in [0.15, 0.2) is 24.3 Å². The zero-order valence-corrected chi connectivity index (χ0v) is 18.9. The lowest BCUT2D eigenvalue weighted by molar-refractivity contribution is -0.0871. The van der Waals surface area contributed by atoms with Gasteiger partial charge >= 0.3 is 0 Å². The van der Waals surface area contributed by atoms with E-state index in [1.165, 1.54) is 36.9 Å². The Morgan fingerprint density at radius 1 is 1.07 bits per heavy atom. The van der Waals surface area contributed by atoms with Crippen LogP contribution in [-0.2, 0) is 16.6 Å². The second kappa shape index (κ2) is 10.1. The van der Waals surface area contributed by atoms with E-state index in [-0.39, 0.29) is 5.41 Å². The summed E-state index contributed by atoms with van der Waals surface area (Å²) in [5, 5.41) is 0. The van der Waals surface area contributed by atoms with Crippen LogP contribution < -0.4 is 0 Å². The van der Waals surface area contributed by atoms with Crippen LogP contribution in [-0.4, -0.2) is 36.7 Å². The maximum absolute atomic E-state index is 6.20. The highest BCUT2D eigenvalue weighted by atomic mass is 16.5. The molecule has 0 saturated carbocycles. The summed E-state index contributed by atoms with van der Waals surface area (Å²) in [6, 6.07) is 9.36. The monoisotopic (exact) mass is 373 g/mol. The Hall–Kier alpha value is -0.860. The zero-order valence-electron chi connectivity index (χ0n) is 18.9. The van der Waals surface area contributed by atoms with Gasteiger partial charge in [0.05, 0.1) is 12.2 Å². The molecule has 1 aromatic rings. The molecule has 1 fully saturated rings. The van der Waals surface area contributed by atoms with E-state index in [1.807, 2.05) is 0 Å². The van der Waals surface area contributed by atoms with Crippen LogP contribution in [0.2, 0.25) is 0 Å². The van der Waals surface area contributed by atoms with Gasteiger partial charge in [-0.1, -0.05) is 72.2 Å². The number of rotatable bonds is 9. The van der Waals surface area contributed by atoms with Gasteiger partial charge in [0, 0.05) is 19.6 Å². The summed E-state index contributed by atoms with van der Waals surface area (Å²) < 4.78 is 6.20. The molecule has 0 amide bonds. The average molecular weight is 374 g/mol. The first kappa shape index (κ1) is 22.4. The quantitative estimate of drug-likeness (QED) is 0.520. The van der Waals surface area contributed by atoms with Gasteiger partial charge in [0.15, 0.2) is 0 Å². The fourth-order valence-corrected chi connectivity index (χ4v) is 4.24. The van der Waals surface area contributed by atoms with E-state index < -0.39 is 0 Å². The zero-order chi connectivity index (χ0) is 20.0. The highest BCUT2D eigenvalue weighted by Gasteiger charge is 2.27. The maximum atomic E-state index is 6.20. The summed E-state index contributed by atoms with van der Waals surface area (Å²) in [5.41, 5.74) is 3.20. The molecule has 2 nitrogen and oxygen atoms in total. The second-order valence-electron chi connectivity index (χ2n) is 9.78. The molecular weight excluding hydrogens is 330 g/mol. The highest BCUT2D eigenvalue weighted by Crippen LogP contribution is 2.27. The Balaban J connectivity index is 1.88. The van der Waals surface area contributed by atoms with Crippen LogP contribution in [0.4, 0.5) is 0 Å². The highest BCUT2D eigenvalue weighted by molar-refractivity contribution is 5.28. The first-order valence-electron chi connectivity index (χ1n) is 11.2. The number of ether oxygens (including phenoxy) is 1. The Labute approximate surface area is 168 Å². The number of nitrogens with zero attached hydrogens (tertiary/aromatic N) is 1. The third-order valence-corrected chi connectivity index (χ3v) is 6.54. The number of hydrogen-bond donors (Lipinski definition) is 0. The molecule has 1 aliphatic heterocycles. The van der Waals surface area contributed by atoms with Gasteiger partial charge in [0.1, 0.15) is 0 Å². The lowest BCUT2D eigenvalue weighted by atomic mass is 9.82. The third kappa shape index (κ3) is 6.91. The van der Waals surface area contributed by atoms with Crippen LogP contribution >= 0.6 is 0 Å². The number of benzene rings is 1. The van der Waals surface area contributed by atoms with Crippen molar-refractivity contribution in [3.05, 3.63) is 35.4 Å². The minimum absolute atomic E-state index is 0.277. The topological polar surface area (TPSA) is 12.5 Å². The molecule has 4 unspecified atom stereocenters. The van der Waals surface area contributed by atoms with Gasteiger partial charge in [-0.3, -0.25) is 4.90 Å². The first-order chi connectivity index (χ1) is 12.7. The van der Waals surface area contributed by atoms with Crippen molar-refractivity contribution in [2.24, 2.45) is 11.8 Å². The first-order valence-corrected chi connectivity index (χ1v) is 11.2. The number of hydrogen-bond acceptors (Lipinski definition) is 2. The normalized spacial score (nSPS) is 24.0. The van der Waals surface area contributed by atoms with Gasteiger partial charge in [-0.15, -0.1) is 0 Å². The van der Waals surface area contributed by atoms with Gasteiger partial charge in [0.2, 0.25) is 0 Å². The Bertz CT molecular complexity index is 550. The van der Waals surface area contributed by atoms with Crippen LogP contribution in [0.5, 0.6) is 0 Å². The number of morpholine rings is 1. The lowest BCUT2D eigenvalue weighted by Gasteiger charge is -2.39. The fraction of sp³-hybridized carbons (Fsp3) is 0.760. The summed E-state index contributed by atoms with van der Waals surface area (Å²) >= 11 is 0. The molecule has 0 spiro atoms. The summed E-state index contributed by atoms with van der Waals surface area (Å²) in [6.45, 7) is 19.5. The largest absolute Gasteiger partial charge is 0.373 e. The van der Waals surface area contributed by atoms with Crippen molar-refractivity contribution >= 4 is 0 Å². The molecule has 2 heteroatoms. The smallest absolute Gasteiger partial charge is 0.0708 e. The molecule has 0 aromatic heterocycles. The van der Waals surface area contributed by atoms with Gasteiger partial charge in [0.25, 0.3) is 0 Å². The molecule has 0 bridgehead atoms. The van der Waals surface area contributed by atoms with Crippen LogP contribution in [0.25, 0.3) is 0 Å². The molecule has 4 atom stereocenters. The third-order valence-electron chi connectivity index (χ3n) is 6.54. The van der Waals surface area contributed by atoms with Gasteiger partial charge < -0.3 is 4.74 Å². The van der Waals surface area contributed by atoms with E-state index in [4.69, 9.17) is 4.74 Å². The summed E-state index contributed by atoms with van der Waals surface area (Å²) in [4.78, 5) is 2.64. The van der Waals surface area contributed by atoms with Crippen molar-refractivity contribution in [3.63, 3.8) is 0 Å². The summed E-state index contributed by atoms with van der Waals surface area (Å²) in [6.07, 6.45) is 5.54. The molecule has 1 aromatic carbocycles. The van der Waals surface area contributed by atoms with Crippen molar-refractivity contribution in [1.82, 2.24) is 4.90 Å². The minimum Gasteiger partial charge on any atom is -0.373 e. The summed E-state index contributed by atoms with van der Waals surface area (Å²) in [7, 11) is 0. The van der Waals surface area contributed by atoms with E-state index in [2.05, 4.69) is 77.6 Å². The van der Waals surface area contributed by atoms with Crippen LogP contribution in [0, 0.1) is 11.8 Å². The molecule has 0 radical (unpaired) electrons. The predicted octanol–water partition coefficient (Wildman–Crippen LogP) is 6.08. The molecule has 0 N–H and O–H groups in total. The molecule has 1 aliphatic rings. The van der Waals surface area contributed by atoms with Crippen molar-refractivity contribution < 1.29 is 4.74 Å². The molecule has 1 heterocycles.